The van der Waals surface area contributed by atoms with E-state index in [0.717, 1.165) is 25.7 Å². The summed E-state index contributed by atoms with van der Waals surface area (Å²) in [5.74, 6) is 0.290. The molecule has 0 bridgehead atoms. The van der Waals surface area contributed by atoms with Crippen LogP contribution in [0.25, 0.3) is 0 Å². The lowest BCUT2D eigenvalue weighted by atomic mass is 10.1. The third-order valence-electron chi connectivity index (χ3n) is 2.05. The predicted molar refractivity (Wildman–Crippen MR) is 57.8 cm³/mol. The quantitative estimate of drug-likeness (QED) is 0.411. The van der Waals surface area contributed by atoms with Gasteiger partial charge in [0.05, 0.1) is 0 Å². The van der Waals surface area contributed by atoms with Crippen molar-refractivity contribution in [2.24, 2.45) is 0 Å². The van der Waals surface area contributed by atoms with E-state index in [0.29, 0.717) is 5.78 Å². The molecule has 0 fully saturated rings. The Morgan fingerprint density at radius 2 is 1.77 bits per heavy atom. The number of carbonyl (C=O) groups is 1. The molecule has 0 aliphatic carbocycles. The second-order valence-electron chi connectivity index (χ2n) is 3.47. The van der Waals surface area contributed by atoms with Crippen molar-refractivity contribution in [3.05, 3.63) is 12.2 Å². The van der Waals surface area contributed by atoms with Gasteiger partial charge in [0.15, 0.2) is 5.78 Å². The maximum absolute atomic E-state index is 11.1. The van der Waals surface area contributed by atoms with Crippen molar-refractivity contribution >= 4 is 5.78 Å². The molecule has 0 heterocycles. The molecule has 0 atom stereocenters. The van der Waals surface area contributed by atoms with E-state index in [1.54, 1.807) is 6.08 Å². The molecule has 0 spiro atoms. The van der Waals surface area contributed by atoms with Crippen LogP contribution in [0.3, 0.4) is 0 Å². The Kier molecular flexibility index (Phi) is 9.07. The van der Waals surface area contributed by atoms with E-state index in [2.05, 4.69) is 13.8 Å². The Balaban J connectivity index is 3.31. The highest BCUT2D eigenvalue weighted by Gasteiger charge is 1.93. The number of allylic oxidation sites excluding steroid dienone is 2. The summed E-state index contributed by atoms with van der Waals surface area (Å²) >= 11 is 0. The smallest absolute Gasteiger partial charge is 0.155 e. The first-order valence-corrected chi connectivity index (χ1v) is 5.50. The molecular formula is C12H22O. The van der Waals surface area contributed by atoms with Gasteiger partial charge < -0.3 is 0 Å². The summed E-state index contributed by atoms with van der Waals surface area (Å²) in [6.45, 7) is 4.30. The monoisotopic (exact) mass is 182 g/mol. The summed E-state index contributed by atoms with van der Waals surface area (Å²) in [5, 5.41) is 0. The van der Waals surface area contributed by atoms with Gasteiger partial charge in [0, 0.05) is 6.42 Å². The highest BCUT2D eigenvalue weighted by molar-refractivity contribution is 5.89. The summed E-state index contributed by atoms with van der Waals surface area (Å²) in [7, 11) is 0. The molecule has 0 aliphatic heterocycles. The zero-order valence-electron chi connectivity index (χ0n) is 9.01. The number of ketones is 1. The Morgan fingerprint density at radius 3 is 2.38 bits per heavy atom. The first kappa shape index (κ1) is 12.4. The zero-order valence-corrected chi connectivity index (χ0v) is 9.01. The average molecular weight is 182 g/mol. The van der Waals surface area contributed by atoms with Crippen LogP contribution >= 0.6 is 0 Å². The van der Waals surface area contributed by atoms with Gasteiger partial charge in [0.1, 0.15) is 0 Å². The molecule has 0 unspecified atom stereocenters. The summed E-state index contributed by atoms with van der Waals surface area (Å²) in [4.78, 5) is 11.1. The number of carbonyl (C=O) groups excluding carboxylic acids is 1. The zero-order chi connectivity index (χ0) is 9.94. The van der Waals surface area contributed by atoms with E-state index in [4.69, 9.17) is 0 Å². The molecule has 0 saturated heterocycles. The van der Waals surface area contributed by atoms with Crippen LogP contribution in [-0.2, 0) is 4.79 Å². The Labute approximate surface area is 82.2 Å². The molecular weight excluding hydrogens is 160 g/mol. The van der Waals surface area contributed by atoms with Crippen molar-refractivity contribution < 1.29 is 4.79 Å². The number of hydrogen-bond acceptors (Lipinski definition) is 1. The van der Waals surface area contributed by atoms with E-state index in [9.17, 15) is 4.79 Å². The van der Waals surface area contributed by atoms with Gasteiger partial charge in [-0.1, -0.05) is 39.2 Å². The fourth-order valence-electron chi connectivity index (χ4n) is 1.16. The standard InChI is InChI=1S/C12H22O/c1-3-5-7-8-9-11-12(13)10-6-4-2/h9,11H,3-8,10H2,1-2H3. The minimum absolute atomic E-state index is 0.290. The van der Waals surface area contributed by atoms with Gasteiger partial charge in [-0.3, -0.25) is 4.79 Å². The molecule has 0 aromatic rings. The number of hydrogen-bond donors (Lipinski definition) is 0. The van der Waals surface area contributed by atoms with Crippen molar-refractivity contribution in [1.82, 2.24) is 0 Å². The third-order valence-corrected chi connectivity index (χ3v) is 2.05. The molecule has 0 radical (unpaired) electrons. The highest BCUT2D eigenvalue weighted by atomic mass is 16.1. The van der Waals surface area contributed by atoms with Gasteiger partial charge in [-0.15, -0.1) is 0 Å². The van der Waals surface area contributed by atoms with Crippen LogP contribution in [0.5, 0.6) is 0 Å². The predicted octanol–water partition coefficient (Wildman–Crippen LogP) is 3.88. The first-order valence-electron chi connectivity index (χ1n) is 5.50. The van der Waals surface area contributed by atoms with E-state index in [1.807, 2.05) is 6.08 Å². The number of unbranched alkanes of at least 4 members (excludes halogenated alkanes) is 4. The normalized spacial score (nSPS) is 10.9. The van der Waals surface area contributed by atoms with Gasteiger partial charge in [-0.05, 0) is 25.3 Å². The average Bonchev–Trinajstić information content (AvgIpc) is 2.14. The topological polar surface area (TPSA) is 17.1 Å². The summed E-state index contributed by atoms with van der Waals surface area (Å²) in [5.41, 5.74) is 0. The van der Waals surface area contributed by atoms with E-state index < -0.39 is 0 Å². The Hall–Kier alpha value is -0.590. The van der Waals surface area contributed by atoms with Crippen LogP contribution in [0, 0.1) is 0 Å². The second-order valence-corrected chi connectivity index (χ2v) is 3.47. The van der Waals surface area contributed by atoms with Crippen LogP contribution in [0.1, 0.15) is 58.8 Å². The van der Waals surface area contributed by atoms with Gasteiger partial charge in [0.2, 0.25) is 0 Å². The molecule has 0 aromatic heterocycles. The summed E-state index contributed by atoms with van der Waals surface area (Å²) < 4.78 is 0. The molecule has 0 aromatic carbocycles. The van der Waals surface area contributed by atoms with E-state index in [-0.39, 0.29) is 0 Å². The third kappa shape index (κ3) is 9.32. The van der Waals surface area contributed by atoms with Gasteiger partial charge in [0.25, 0.3) is 0 Å². The van der Waals surface area contributed by atoms with Gasteiger partial charge in [-0.2, -0.15) is 0 Å². The Morgan fingerprint density at radius 1 is 1.08 bits per heavy atom. The molecule has 0 saturated carbocycles. The molecule has 0 aliphatic rings. The maximum atomic E-state index is 11.1. The number of rotatable bonds is 8. The molecule has 0 N–H and O–H groups in total. The van der Waals surface area contributed by atoms with Crippen LogP contribution in [-0.4, -0.2) is 5.78 Å². The van der Waals surface area contributed by atoms with Crippen molar-refractivity contribution in [3.63, 3.8) is 0 Å². The van der Waals surface area contributed by atoms with Crippen molar-refractivity contribution in [2.45, 2.75) is 58.8 Å². The molecule has 76 valence electrons. The van der Waals surface area contributed by atoms with Crippen molar-refractivity contribution in [2.75, 3.05) is 0 Å². The van der Waals surface area contributed by atoms with Crippen LogP contribution in [0.4, 0.5) is 0 Å². The molecule has 1 nitrogen and oxygen atoms in total. The summed E-state index contributed by atoms with van der Waals surface area (Å²) in [6, 6.07) is 0. The largest absolute Gasteiger partial charge is 0.295 e. The SMILES string of the molecule is CCCCCC=CC(=O)CCCC. The molecule has 0 rings (SSSR count). The van der Waals surface area contributed by atoms with E-state index >= 15 is 0 Å². The lowest BCUT2D eigenvalue weighted by molar-refractivity contribution is -0.114. The van der Waals surface area contributed by atoms with E-state index in [1.165, 1.54) is 19.3 Å². The molecule has 1 heteroatoms. The summed E-state index contributed by atoms with van der Waals surface area (Å²) in [6.07, 6.45) is 11.4. The fraction of sp³-hybridized carbons (Fsp3) is 0.750. The second kappa shape index (κ2) is 9.50. The maximum Gasteiger partial charge on any atom is 0.155 e. The van der Waals surface area contributed by atoms with Crippen molar-refractivity contribution in [3.8, 4) is 0 Å². The van der Waals surface area contributed by atoms with Crippen LogP contribution in [0.15, 0.2) is 12.2 Å². The molecule has 13 heavy (non-hydrogen) atoms. The fourth-order valence-corrected chi connectivity index (χ4v) is 1.16. The highest BCUT2D eigenvalue weighted by Crippen LogP contribution is 2.01. The van der Waals surface area contributed by atoms with Gasteiger partial charge in [-0.25, -0.2) is 0 Å². The Bertz CT molecular complexity index is 147. The minimum atomic E-state index is 0.290. The van der Waals surface area contributed by atoms with Crippen molar-refractivity contribution in [1.29, 1.82) is 0 Å². The molecule has 0 amide bonds. The minimum Gasteiger partial charge on any atom is -0.295 e. The van der Waals surface area contributed by atoms with Gasteiger partial charge >= 0.3 is 0 Å². The lowest BCUT2D eigenvalue weighted by Crippen LogP contribution is -1.91. The lowest BCUT2D eigenvalue weighted by Gasteiger charge is -1.93. The van der Waals surface area contributed by atoms with Crippen LogP contribution < -0.4 is 0 Å². The first-order chi connectivity index (χ1) is 6.31. The van der Waals surface area contributed by atoms with Crippen LogP contribution in [0.2, 0.25) is 0 Å².